The van der Waals surface area contributed by atoms with Crippen molar-refractivity contribution in [3.63, 3.8) is 0 Å². The van der Waals surface area contributed by atoms with Crippen molar-refractivity contribution in [1.29, 1.82) is 0 Å². The second kappa shape index (κ2) is 7.09. The molecule has 134 valence electrons. The maximum atomic E-state index is 13.2. The second-order valence-corrected chi connectivity index (χ2v) is 6.24. The summed E-state index contributed by atoms with van der Waals surface area (Å²) >= 11 is 0. The zero-order valence-electron chi connectivity index (χ0n) is 14.5. The number of aromatic amines is 1. The van der Waals surface area contributed by atoms with Crippen LogP contribution in [0.4, 0.5) is 0 Å². The number of benzene rings is 1. The highest BCUT2D eigenvalue weighted by Crippen LogP contribution is 2.29. The van der Waals surface area contributed by atoms with Gasteiger partial charge in [-0.2, -0.15) is 5.10 Å². The Bertz CT molecular complexity index is 874. The van der Waals surface area contributed by atoms with E-state index in [1.165, 1.54) is 0 Å². The van der Waals surface area contributed by atoms with Gasteiger partial charge in [0.25, 0.3) is 0 Å². The van der Waals surface area contributed by atoms with Crippen LogP contribution >= 0.6 is 0 Å². The molecule has 0 aliphatic carbocycles. The molecule has 0 fully saturated rings. The van der Waals surface area contributed by atoms with E-state index in [0.717, 1.165) is 17.1 Å². The molecule has 0 unspecified atom stereocenters. The Morgan fingerprint density at radius 1 is 1.23 bits per heavy atom. The van der Waals surface area contributed by atoms with Crippen LogP contribution in [-0.2, 0) is 22.5 Å². The molecule has 1 amide bonds. The van der Waals surface area contributed by atoms with Crippen LogP contribution in [-0.4, -0.2) is 56.0 Å². The van der Waals surface area contributed by atoms with Crippen LogP contribution in [0, 0.1) is 0 Å². The first-order valence-electron chi connectivity index (χ1n) is 8.53. The van der Waals surface area contributed by atoms with Gasteiger partial charge in [-0.05, 0) is 11.6 Å². The van der Waals surface area contributed by atoms with E-state index >= 15 is 0 Å². The lowest BCUT2D eigenvalue weighted by atomic mass is 10.0. The van der Waals surface area contributed by atoms with Crippen LogP contribution in [0.5, 0.6) is 0 Å². The van der Waals surface area contributed by atoms with Gasteiger partial charge in [0.1, 0.15) is 11.7 Å². The molecule has 3 aromatic rings. The SMILES string of the molecule is COCCN1Cc2nnc(-c3ccn[nH]3)n2[C@H](Cc2ccccc2)C1=O. The third kappa shape index (κ3) is 2.99. The predicted molar refractivity (Wildman–Crippen MR) is 94.1 cm³/mol. The number of hydrogen-bond acceptors (Lipinski definition) is 5. The van der Waals surface area contributed by atoms with E-state index in [9.17, 15) is 4.79 Å². The lowest BCUT2D eigenvalue weighted by Gasteiger charge is -2.33. The topological polar surface area (TPSA) is 88.9 Å². The Morgan fingerprint density at radius 3 is 2.81 bits per heavy atom. The molecular weight excluding hydrogens is 332 g/mol. The number of nitrogens with zero attached hydrogens (tertiary/aromatic N) is 5. The van der Waals surface area contributed by atoms with E-state index in [0.29, 0.717) is 31.9 Å². The van der Waals surface area contributed by atoms with Crippen LogP contribution in [0.25, 0.3) is 11.5 Å². The lowest BCUT2D eigenvalue weighted by Crippen LogP contribution is -2.45. The van der Waals surface area contributed by atoms with E-state index in [1.807, 2.05) is 41.0 Å². The average molecular weight is 352 g/mol. The van der Waals surface area contributed by atoms with Crippen LogP contribution in [0.1, 0.15) is 17.4 Å². The summed E-state index contributed by atoms with van der Waals surface area (Å²) in [6.45, 7) is 1.45. The Labute approximate surface area is 150 Å². The van der Waals surface area contributed by atoms with Crippen molar-refractivity contribution in [2.45, 2.75) is 19.0 Å². The summed E-state index contributed by atoms with van der Waals surface area (Å²) in [5, 5.41) is 15.5. The molecule has 1 aliphatic heterocycles. The quantitative estimate of drug-likeness (QED) is 0.725. The molecule has 0 saturated heterocycles. The van der Waals surface area contributed by atoms with E-state index < -0.39 is 6.04 Å². The summed E-state index contributed by atoms with van der Waals surface area (Å²) in [5.74, 6) is 1.46. The van der Waals surface area contributed by atoms with Crippen molar-refractivity contribution in [1.82, 2.24) is 29.9 Å². The van der Waals surface area contributed by atoms with Gasteiger partial charge in [0.2, 0.25) is 5.91 Å². The number of hydrogen-bond donors (Lipinski definition) is 1. The Hall–Kier alpha value is -3.00. The predicted octanol–water partition coefficient (Wildman–Crippen LogP) is 1.44. The number of carbonyl (C=O) groups excluding carboxylic acids is 1. The normalized spacial score (nSPS) is 16.7. The Balaban J connectivity index is 1.74. The maximum absolute atomic E-state index is 13.2. The fourth-order valence-electron chi connectivity index (χ4n) is 3.30. The van der Waals surface area contributed by atoms with E-state index in [-0.39, 0.29) is 5.91 Å². The molecule has 3 heterocycles. The van der Waals surface area contributed by atoms with E-state index in [4.69, 9.17) is 4.74 Å². The molecule has 1 N–H and O–H groups in total. The fraction of sp³-hybridized carbons (Fsp3) is 0.333. The number of fused-ring (bicyclic) bond motifs is 1. The highest BCUT2D eigenvalue weighted by Gasteiger charge is 2.36. The van der Waals surface area contributed by atoms with Gasteiger partial charge in [0.15, 0.2) is 11.6 Å². The molecule has 8 heteroatoms. The monoisotopic (exact) mass is 352 g/mol. The summed E-state index contributed by atoms with van der Waals surface area (Å²) in [5.41, 5.74) is 1.84. The van der Waals surface area contributed by atoms with Gasteiger partial charge < -0.3 is 9.64 Å². The van der Waals surface area contributed by atoms with Gasteiger partial charge in [-0.3, -0.25) is 14.5 Å². The van der Waals surface area contributed by atoms with Gasteiger partial charge >= 0.3 is 0 Å². The zero-order valence-corrected chi connectivity index (χ0v) is 14.5. The summed E-state index contributed by atoms with van der Waals surface area (Å²) in [6.07, 6.45) is 2.24. The smallest absolute Gasteiger partial charge is 0.246 e. The number of ether oxygens (including phenoxy) is 1. The molecule has 1 atom stereocenters. The highest BCUT2D eigenvalue weighted by atomic mass is 16.5. The Kier molecular flexibility index (Phi) is 4.49. The van der Waals surface area contributed by atoms with Crippen molar-refractivity contribution in [2.24, 2.45) is 0 Å². The molecule has 0 spiro atoms. The first kappa shape index (κ1) is 16.5. The summed E-state index contributed by atoms with van der Waals surface area (Å²) < 4.78 is 7.09. The molecule has 26 heavy (non-hydrogen) atoms. The number of methoxy groups -OCH3 is 1. The molecule has 0 bridgehead atoms. The molecule has 8 nitrogen and oxygen atoms in total. The van der Waals surface area contributed by atoms with Crippen molar-refractivity contribution >= 4 is 5.91 Å². The van der Waals surface area contributed by atoms with Crippen LogP contribution in [0.15, 0.2) is 42.6 Å². The minimum atomic E-state index is -0.397. The Morgan fingerprint density at radius 2 is 2.08 bits per heavy atom. The summed E-state index contributed by atoms with van der Waals surface area (Å²) in [6, 6.07) is 11.4. The van der Waals surface area contributed by atoms with Crippen molar-refractivity contribution in [3.8, 4) is 11.5 Å². The van der Waals surface area contributed by atoms with Gasteiger partial charge in [-0.1, -0.05) is 30.3 Å². The minimum Gasteiger partial charge on any atom is -0.383 e. The zero-order chi connectivity index (χ0) is 17.9. The number of carbonyl (C=O) groups is 1. The van der Waals surface area contributed by atoms with E-state index in [1.54, 1.807) is 18.2 Å². The third-order valence-corrected chi connectivity index (χ3v) is 4.59. The molecule has 4 rings (SSSR count). The van der Waals surface area contributed by atoms with Crippen LogP contribution in [0.2, 0.25) is 0 Å². The summed E-state index contributed by atoms with van der Waals surface area (Å²) in [4.78, 5) is 15.0. The van der Waals surface area contributed by atoms with Crippen LogP contribution in [0.3, 0.4) is 0 Å². The van der Waals surface area contributed by atoms with Gasteiger partial charge in [-0.25, -0.2) is 0 Å². The second-order valence-electron chi connectivity index (χ2n) is 6.24. The van der Waals surface area contributed by atoms with E-state index in [2.05, 4.69) is 20.4 Å². The number of nitrogens with one attached hydrogen (secondary N) is 1. The molecule has 2 aromatic heterocycles. The van der Waals surface area contributed by atoms with Crippen molar-refractivity contribution in [3.05, 3.63) is 54.0 Å². The number of aromatic nitrogens is 5. The minimum absolute atomic E-state index is 0.0546. The van der Waals surface area contributed by atoms with Crippen molar-refractivity contribution in [2.75, 3.05) is 20.3 Å². The first-order chi connectivity index (χ1) is 12.8. The third-order valence-electron chi connectivity index (χ3n) is 4.59. The molecule has 0 saturated carbocycles. The number of rotatable bonds is 6. The maximum Gasteiger partial charge on any atom is 0.246 e. The number of amides is 1. The average Bonchev–Trinajstić information content (AvgIpc) is 3.33. The van der Waals surface area contributed by atoms with Gasteiger partial charge in [0.05, 0.1) is 13.2 Å². The lowest BCUT2D eigenvalue weighted by molar-refractivity contribution is -0.138. The largest absolute Gasteiger partial charge is 0.383 e. The standard InChI is InChI=1S/C18H20N6O2/c1-26-10-9-23-12-16-21-22-17(14-7-8-19-20-14)24(16)15(18(23)25)11-13-5-3-2-4-6-13/h2-8,15H,9-12H2,1H3,(H,19,20)/t15-/m1/s1. The number of H-pyrrole nitrogens is 1. The molecular formula is C18H20N6O2. The van der Waals surface area contributed by atoms with Crippen molar-refractivity contribution < 1.29 is 9.53 Å². The first-order valence-corrected chi connectivity index (χ1v) is 8.53. The molecule has 1 aliphatic rings. The summed E-state index contributed by atoms with van der Waals surface area (Å²) in [7, 11) is 1.63. The molecule has 1 aromatic carbocycles. The van der Waals surface area contributed by atoms with Gasteiger partial charge in [0, 0.05) is 26.3 Å². The highest BCUT2D eigenvalue weighted by molar-refractivity contribution is 5.82. The fourth-order valence-corrected chi connectivity index (χ4v) is 3.30. The molecule has 0 radical (unpaired) electrons. The van der Waals surface area contributed by atoms with Gasteiger partial charge in [-0.15, -0.1) is 10.2 Å². The van der Waals surface area contributed by atoms with Crippen LogP contribution < -0.4 is 0 Å².